The quantitative estimate of drug-likeness (QED) is 0.832. The van der Waals surface area contributed by atoms with E-state index < -0.39 is 23.6 Å². The number of carbonyl (C=O) groups excluding carboxylic acids is 1. The first-order chi connectivity index (χ1) is 9.02. The molecule has 0 aliphatic carbocycles. The maximum Gasteiger partial charge on any atom is 0.323 e. The standard InChI is InChI=1S/C13H14F2N2O2/c1-2-19-13(18)11(16)3-7-6-17-12-5-10(15)9(14)4-8(7)12/h4-6,11,17H,2-3,16H2,1H3. The number of ether oxygens (including phenoxy) is 1. The van der Waals surface area contributed by atoms with Crippen LogP contribution in [0.2, 0.25) is 0 Å². The van der Waals surface area contributed by atoms with Crippen LogP contribution >= 0.6 is 0 Å². The van der Waals surface area contributed by atoms with Crippen molar-refractivity contribution in [2.45, 2.75) is 19.4 Å². The molecule has 1 heterocycles. The second-order valence-corrected chi connectivity index (χ2v) is 4.19. The van der Waals surface area contributed by atoms with Gasteiger partial charge in [0.1, 0.15) is 6.04 Å². The summed E-state index contributed by atoms with van der Waals surface area (Å²) in [6, 6.07) is 1.34. The van der Waals surface area contributed by atoms with Gasteiger partial charge in [-0.3, -0.25) is 4.79 Å². The number of halogens is 2. The molecule has 0 fully saturated rings. The number of benzene rings is 1. The van der Waals surface area contributed by atoms with Gasteiger partial charge in [0, 0.05) is 29.6 Å². The van der Waals surface area contributed by atoms with E-state index in [2.05, 4.69) is 4.98 Å². The summed E-state index contributed by atoms with van der Waals surface area (Å²) in [5, 5.41) is 0.513. The summed E-state index contributed by atoms with van der Waals surface area (Å²) in [6.45, 7) is 1.94. The summed E-state index contributed by atoms with van der Waals surface area (Å²) < 4.78 is 31.1. The molecule has 0 spiro atoms. The Morgan fingerprint density at radius 2 is 2.11 bits per heavy atom. The van der Waals surface area contributed by atoms with Crippen molar-refractivity contribution in [1.82, 2.24) is 4.98 Å². The second kappa shape index (κ2) is 5.36. The lowest BCUT2D eigenvalue weighted by molar-refractivity contribution is -0.144. The third-order valence-corrected chi connectivity index (χ3v) is 2.84. The van der Waals surface area contributed by atoms with Crippen LogP contribution in [0.5, 0.6) is 0 Å². The fraction of sp³-hybridized carbons (Fsp3) is 0.308. The number of fused-ring (bicyclic) bond motifs is 1. The molecule has 0 bridgehead atoms. The highest BCUT2D eigenvalue weighted by Crippen LogP contribution is 2.22. The van der Waals surface area contributed by atoms with Crippen LogP contribution in [0.1, 0.15) is 12.5 Å². The molecule has 2 aromatic rings. The number of aromatic nitrogens is 1. The van der Waals surface area contributed by atoms with Gasteiger partial charge in [-0.15, -0.1) is 0 Å². The van der Waals surface area contributed by atoms with Crippen LogP contribution in [0.4, 0.5) is 8.78 Å². The average molecular weight is 268 g/mol. The van der Waals surface area contributed by atoms with Crippen molar-refractivity contribution < 1.29 is 18.3 Å². The van der Waals surface area contributed by atoms with Crippen LogP contribution in [-0.2, 0) is 16.0 Å². The molecular weight excluding hydrogens is 254 g/mol. The highest BCUT2D eigenvalue weighted by atomic mass is 19.2. The molecule has 6 heteroatoms. The minimum atomic E-state index is -0.932. The van der Waals surface area contributed by atoms with Gasteiger partial charge in [0.15, 0.2) is 11.6 Å². The molecule has 1 atom stereocenters. The summed E-state index contributed by atoms with van der Waals surface area (Å²) >= 11 is 0. The van der Waals surface area contributed by atoms with Gasteiger partial charge in [-0.25, -0.2) is 8.78 Å². The smallest absolute Gasteiger partial charge is 0.323 e. The first kappa shape index (κ1) is 13.5. The number of rotatable bonds is 4. The van der Waals surface area contributed by atoms with Crippen LogP contribution < -0.4 is 5.73 Å². The van der Waals surface area contributed by atoms with E-state index in [-0.39, 0.29) is 13.0 Å². The Hall–Kier alpha value is -1.95. The summed E-state index contributed by atoms with van der Waals surface area (Å²) in [5.41, 5.74) is 6.81. The van der Waals surface area contributed by atoms with Crippen LogP contribution in [-0.4, -0.2) is 23.6 Å². The van der Waals surface area contributed by atoms with Gasteiger partial charge in [-0.2, -0.15) is 0 Å². The molecule has 0 aliphatic rings. The molecule has 1 aromatic heterocycles. The molecule has 0 aliphatic heterocycles. The van der Waals surface area contributed by atoms with Crippen molar-refractivity contribution in [2.75, 3.05) is 6.61 Å². The molecule has 1 aromatic carbocycles. The van der Waals surface area contributed by atoms with E-state index in [9.17, 15) is 13.6 Å². The van der Waals surface area contributed by atoms with Crippen molar-refractivity contribution in [2.24, 2.45) is 5.73 Å². The predicted octanol–water partition coefficient (Wildman–Crippen LogP) is 1.88. The first-order valence-corrected chi connectivity index (χ1v) is 5.90. The Kier molecular flexibility index (Phi) is 3.80. The number of nitrogens with two attached hydrogens (primary N) is 1. The molecule has 0 amide bonds. The highest BCUT2D eigenvalue weighted by molar-refractivity contribution is 5.84. The largest absolute Gasteiger partial charge is 0.465 e. The minimum Gasteiger partial charge on any atom is -0.465 e. The fourth-order valence-electron chi connectivity index (χ4n) is 1.91. The van der Waals surface area contributed by atoms with E-state index in [0.29, 0.717) is 16.5 Å². The molecule has 19 heavy (non-hydrogen) atoms. The molecule has 0 saturated carbocycles. The SMILES string of the molecule is CCOC(=O)C(N)Cc1c[nH]c2cc(F)c(F)cc12. The van der Waals surface area contributed by atoms with Gasteiger partial charge >= 0.3 is 5.97 Å². The van der Waals surface area contributed by atoms with Gasteiger partial charge in [0.05, 0.1) is 6.61 Å². The van der Waals surface area contributed by atoms with Crippen LogP contribution in [0, 0.1) is 11.6 Å². The van der Waals surface area contributed by atoms with Gasteiger partial charge in [0.2, 0.25) is 0 Å². The average Bonchev–Trinajstić information content (AvgIpc) is 2.73. The van der Waals surface area contributed by atoms with E-state index in [1.165, 1.54) is 0 Å². The zero-order chi connectivity index (χ0) is 14.0. The Labute approximate surface area is 108 Å². The third-order valence-electron chi connectivity index (χ3n) is 2.84. The third kappa shape index (κ3) is 2.73. The lowest BCUT2D eigenvalue weighted by Gasteiger charge is -2.09. The molecule has 1 unspecified atom stereocenters. The summed E-state index contributed by atoms with van der Waals surface area (Å²) in [4.78, 5) is 14.3. The summed E-state index contributed by atoms with van der Waals surface area (Å²) in [5.74, 6) is -2.37. The van der Waals surface area contributed by atoms with Crippen LogP contribution in [0.25, 0.3) is 10.9 Å². The van der Waals surface area contributed by atoms with Crippen molar-refractivity contribution in [3.63, 3.8) is 0 Å². The number of carbonyl (C=O) groups is 1. The molecular formula is C13H14F2N2O2. The Balaban J connectivity index is 2.26. The highest BCUT2D eigenvalue weighted by Gasteiger charge is 2.18. The van der Waals surface area contributed by atoms with Crippen molar-refractivity contribution in [3.05, 3.63) is 35.5 Å². The van der Waals surface area contributed by atoms with Crippen molar-refractivity contribution in [1.29, 1.82) is 0 Å². The van der Waals surface area contributed by atoms with Gasteiger partial charge in [-0.05, 0) is 18.6 Å². The van der Waals surface area contributed by atoms with Crippen molar-refractivity contribution >= 4 is 16.9 Å². The van der Waals surface area contributed by atoms with E-state index in [4.69, 9.17) is 10.5 Å². The first-order valence-electron chi connectivity index (χ1n) is 5.90. The lowest BCUT2D eigenvalue weighted by atomic mass is 10.1. The van der Waals surface area contributed by atoms with Crippen LogP contribution in [0.3, 0.4) is 0 Å². The fourth-order valence-corrected chi connectivity index (χ4v) is 1.91. The van der Waals surface area contributed by atoms with E-state index >= 15 is 0 Å². The maximum atomic E-state index is 13.2. The van der Waals surface area contributed by atoms with Gasteiger partial charge < -0.3 is 15.5 Å². The molecule has 0 radical (unpaired) electrons. The van der Waals surface area contributed by atoms with E-state index in [0.717, 1.165) is 12.1 Å². The molecule has 3 N–H and O–H groups in total. The van der Waals surface area contributed by atoms with Gasteiger partial charge in [0.25, 0.3) is 0 Å². The van der Waals surface area contributed by atoms with E-state index in [1.807, 2.05) is 0 Å². The molecule has 0 saturated heterocycles. The molecule has 102 valence electrons. The summed E-state index contributed by atoms with van der Waals surface area (Å²) in [6.07, 6.45) is 1.78. The Bertz CT molecular complexity index is 610. The predicted molar refractivity (Wildman–Crippen MR) is 66.5 cm³/mol. The minimum absolute atomic E-state index is 0.198. The van der Waals surface area contributed by atoms with Crippen LogP contribution in [0.15, 0.2) is 18.3 Å². The zero-order valence-corrected chi connectivity index (χ0v) is 10.4. The van der Waals surface area contributed by atoms with E-state index in [1.54, 1.807) is 13.1 Å². The zero-order valence-electron chi connectivity index (χ0n) is 10.4. The number of H-pyrrole nitrogens is 1. The number of esters is 1. The lowest BCUT2D eigenvalue weighted by Crippen LogP contribution is -2.34. The second-order valence-electron chi connectivity index (χ2n) is 4.19. The maximum absolute atomic E-state index is 13.2. The monoisotopic (exact) mass is 268 g/mol. The molecule has 4 nitrogen and oxygen atoms in total. The normalized spacial score (nSPS) is 12.6. The molecule has 2 rings (SSSR count). The van der Waals surface area contributed by atoms with Gasteiger partial charge in [-0.1, -0.05) is 0 Å². The topological polar surface area (TPSA) is 68.1 Å². The van der Waals surface area contributed by atoms with Crippen molar-refractivity contribution in [3.8, 4) is 0 Å². The number of hydrogen-bond acceptors (Lipinski definition) is 3. The Morgan fingerprint density at radius 1 is 1.42 bits per heavy atom. The summed E-state index contributed by atoms with van der Waals surface area (Å²) in [7, 11) is 0. The number of nitrogens with one attached hydrogen (secondary N) is 1. The number of aromatic amines is 1. The Morgan fingerprint density at radius 3 is 2.79 bits per heavy atom. The number of hydrogen-bond donors (Lipinski definition) is 2.